The molecular formula is C16H27N3O2. The monoisotopic (exact) mass is 293 g/mol. The highest BCUT2D eigenvalue weighted by atomic mass is 16.5. The van der Waals surface area contributed by atoms with E-state index in [0.717, 1.165) is 44.0 Å². The van der Waals surface area contributed by atoms with Crippen LogP contribution in [0.5, 0.6) is 0 Å². The second-order valence-corrected chi connectivity index (χ2v) is 6.23. The van der Waals surface area contributed by atoms with Gasteiger partial charge in [-0.05, 0) is 38.8 Å². The third kappa shape index (κ3) is 3.15. The number of nitrogens with zero attached hydrogens (tertiary/aromatic N) is 3. The fourth-order valence-corrected chi connectivity index (χ4v) is 3.55. The standard InChI is InChI=1S/C16H27N3O2/c1-3-12-8-14(19(4-2)17-12)9-15(20)16-10-18-7-5-6-13(18)11-21-16/h8,13,15-16,20H,3-7,9-11H2,1-2H3. The summed E-state index contributed by atoms with van der Waals surface area (Å²) in [4.78, 5) is 2.48. The maximum atomic E-state index is 10.6. The zero-order valence-corrected chi connectivity index (χ0v) is 13.2. The number of aliphatic hydroxyl groups excluding tert-OH is 1. The van der Waals surface area contributed by atoms with Gasteiger partial charge in [-0.25, -0.2) is 0 Å². The Bertz CT molecular complexity index is 474. The summed E-state index contributed by atoms with van der Waals surface area (Å²) in [5, 5.41) is 15.1. The zero-order chi connectivity index (χ0) is 14.8. The van der Waals surface area contributed by atoms with E-state index in [1.54, 1.807) is 0 Å². The van der Waals surface area contributed by atoms with Crippen LogP contribution in [0.4, 0.5) is 0 Å². The molecule has 0 saturated carbocycles. The number of hydrogen-bond donors (Lipinski definition) is 1. The second-order valence-electron chi connectivity index (χ2n) is 6.23. The number of aliphatic hydroxyl groups is 1. The Morgan fingerprint density at radius 2 is 2.33 bits per heavy atom. The van der Waals surface area contributed by atoms with Gasteiger partial charge in [-0.15, -0.1) is 0 Å². The van der Waals surface area contributed by atoms with Crippen LogP contribution in [-0.4, -0.2) is 57.7 Å². The van der Waals surface area contributed by atoms with Crippen molar-refractivity contribution in [2.75, 3.05) is 19.7 Å². The molecule has 2 aliphatic heterocycles. The lowest BCUT2D eigenvalue weighted by Crippen LogP contribution is -2.50. The Morgan fingerprint density at radius 1 is 1.48 bits per heavy atom. The minimum absolute atomic E-state index is 0.0652. The predicted octanol–water partition coefficient (Wildman–Crippen LogP) is 1.23. The van der Waals surface area contributed by atoms with E-state index in [9.17, 15) is 5.11 Å². The molecule has 5 nitrogen and oxygen atoms in total. The van der Waals surface area contributed by atoms with Crippen LogP contribution in [0.3, 0.4) is 0 Å². The first-order valence-corrected chi connectivity index (χ1v) is 8.30. The molecule has 1 aromatic heterocycles. The molecule has 118 valence electrons. The predicted molar refractivity (Wildman–Crippen MR) is 81.3 cm³/mol. The van der Waals surface area contributed by atoms with Gasteiger partial charge < -0.3 is 9.84 Å². The Labute approximate surface area is 126 Å². The highest BCUT2D eigenvalue weighted by Gasteiger charge is 2.35. The molecule has 0 bridgehead atoms. The van der Waals surface area contributed by atoms with Gasteiger partial charge in [-0.1, -0.05) is 6.92 Å². The minimum Gasteiger partial charge on any atom is -0.390 e. The van der Waals surface area contributed by atoms with Gasteiger partial charge >= 0.3 is 0 Å². The fourth-order valence-electron chi connectivity index (χ4n) is 3.55. The van der Waals surface area contributed by atoms with E-state index in [4.69, 9.17) is 4.74 Å². The molecular weight excluding hydrogens is 266 g/mol. The SMILES string of the molecule is CCc1cc(CC(O)C2CN3CCCC3CO2)n(CC)n1. The molecule has 21 heavy (non-hydrogen) atoms. The van der Waals surface area contributed by atoms with Gasteiger partial charge in [0.25, 0.3) is 0 Å². The average molecular weight is 293 g/mol. The summed E-state index contributed by atoms with van der Waals surface area (Å²) in [5.41, 5.74) is 2.22. The number of ether oxygens (including phenoxy) is 1. The van der Waals surface area contributed by atoms with Crippen LogP contribution in [0.2, 0.25) is 0 Å². The Morgan fingerprint density at radius 3 is 3.10 bits per heavy atom. The molecule has 0 aromatic carbocycles. The Kier molecular flexibility index (Phi) is 4.62. The number of aromatic nitrogens is 2. The van der Waals surface area contributed by atoms with Crippen molar-refractivity contribution in [2.24, 2.45) is 0 Å². The summed E-state index contributed by atoms with van der Waals surface area (Å²) in [5.74, 6) is 0. The molecule has 1 aromatic rings. The van der Waals surface area contributed by atoms with Crippen molar-refractivity contribution in [3.05, 3.63) is 17.5 Å². The number of fused-ring (bicyclic) bond motifs is 1. The van der Waals surface area contributed by atoms with Crippen LogP contribution in [0, 0.1) is 0 Å². The molecule has 3 rings (SSSR count). The van der Waals surface area contributed by atoms with E-state index in [1.165, 1.54) is 12.8 Å². The van der Waals surface area contributed by atoms with Crippen LogP contribution >= 0.6 is 0 Å². The topological polar surface area (TPSA) is 50.5 Å². The molecule has 3 heterocycles. The summed E-state index contributed by atoms with van der Waals surface area (Å²) in [6.07, 6.45) is 3.56. The van der Waals surface area contributed by atoms with Crippen molar-refractivity contribution in [2.45, 2.75) is 64.3 Å². The van der Waals surface area contributed by atoms with Crippen molar-refractivity contribution < 1.29 is 9.84 Å². The van der Waals surface area contributed by atoms with E-state index in [-0.39, 0.29) is 6.10 Å². The van der Waals surface area contributed by atoms with Crippen LogP contribution in [0.1, 0.15) is 38.1 Å². The van der Waals surface area contributed by atoms with E-state index in [0.29, 0.717) is 12.5 Å². The van der Waals surface area contributed by atoms with Gasteiger partial charge in [0, 0.05) is 31.2 Å². The fraction of sp³-hybridized carbons (Fsp3) is 0.812. The molecule has 1 N–H and O–H groups in total. The smallest absolute Gasteiger partial charge is 0.0965 e. The molecule has 2 aliphatic rings. The molecule has 2 saturated heterocycles. The lowest BCUT2D eigenvalue weighted by Gasteiger charge is -2.37. The van der Waals surface area contributed by atoms with Gasteiger partial charge in [0.2, 0.25) is 0 Å². The van der Waals surface area contributed by atoms with Crippen molar-refractivity contribution >= 4 is 0 Å². The van der Waals surface area contributed by atoms with Crippen molar-refractivity contribution in [1.82, 2.24) is 14.7 Å². The Hall–Kier alpha value is -0.910. The van der Waals surface area contributed by atoms with Crippen LogP contribution in [-0.2, 0) is 24.1 Å². The van der Waals surface area contributed by atoms with Gasteiger partial charge in [0.05, 0.1) is 24.5 Å². The van der Waals surface area contributed by atoms with Crippen molar-refractivity contribution in [3.8, 4) is 0 Å². The van der Waals surface area contributed by atoms with E-state index < -0.39 is 6.10 Å². The number of hydrogen-bond acceptors (Lipinski definition) is 4. The molecule has 0 radical (unpaired) electrons. The summed E-state index contributed by atoms with van der Waals surface area (Å²) in [7, 11) is 0. The minimum atomic E-state index is -0.446. The highest BCUT2D eigenvalue weighted by molar-refractivity contribution is 5.12. The van der Waals surface area contributed by atoms with Gasteiger partial charge in [0.1, 0.15) is 0 Å². The third-order valence-corrected chi connectivity index (χ3v) is 4.84. The quantitative estimate of drug-likeness (QED) is 0.887. The van der Waals surface area contributed by atoms with E-state index in [2.05, 4.69) is 29.9 Å². The maximum Gasteiger partial charge on any atom is 0.0965 e. The van der Waals surface area contributed by atoms with Crippen molar-refractivity contribution in [3.63, 3.8) is 0 Å². The van der Waals surface area contributed by atoms with Crippen LogP contribution in [0.25, 0.3) is 0 Å². The van der Waals surface area contributed by atoms with Crippen LogP contribution < -0.4 is 0 Å². The lowest BCUT2D eigenvalue weighted by molar-refractivity contribution is -0.102. The van der Waals surface area contributed by atoms with E-state index >= 15 is 0 Å². The average Bonchev–Trinajstić information content (AvgIpc) is 3.12. The first-order chi connectivity index (χ1) is 10.2. The Balaban J connectivity index is 1.63. The summed E-state index contributed by atoms with van der Waals surface area (Å²) < 4.78 is 7.91. The van der Waals surface area contributed by atoms with Gasteiger partial charge in [-0.3, -0.25) is 9.58 Å². The maximum absolute atomic E-state index is 10.6. The number of morpholine rings is 1. The van der Waals surface area contributed by atoms with E-state index in [1.807, 2.05) is 4.68 Å². The first kappa shape index (κ1) is 15.0. The molecule has 0 amide bonds. The first-order valence-electron chi connectivity index (χ1n) is 8.30. The van der Waals surface area contributed by atoms with Gasteiger partial charge in [0.15, 0.2) is 0 Å². The third-order valence-electron chi connectivity index (χ3n) is 4.84. The highest BCUT2D eigenvalue weighted by Crippen LogP contribution is 2.24. The van der Waals surface area contributed by atoms with Crippen LogP contribution in [0.15, 0.2) is 6.07 Å². The number of aryl methyl sites for hydroxylation is 2. The molecule has 3 unspecified atom stereocenters. The normalized spacial score (nSPS) is 27.8. The largest absolute Gasteiger partial charge is 0.390 e. The summed E-state index contributed by atoms with van der Waals surface area (Å²) >= 11 is 0. The lowest BCUT2D eigenvalue weighted by atomic mass is 10.0. The zero-order valence-electron chi connectivity index (χ0n) is 13.2. The number of rotatable bonds is 5. The molecule has 0 spiro atoms. The van der Waals surface area contributed by atoms with Crippen molar-refractivity contribution in [1.29, 1.82) is 0 Å². The molecule has 2 fully saturated rings. The summed E-state index contributed by atoms with van der Waals surface area (Å²) in [6.45, 7) is 7.85. The molecule has 5 heteroatoms. The second kappa shape index (κ2) is 6.46. The molecule has 0 aliphatic carbocycles. The van der Waals surface area contributed by atoms with Gasteiger partial charge in [-0.2, -0.15) is 5.10 Å². The molecule has 3 atom stereocenters. The summed E-state index contributed by atoms with van der Waals surface area (Å²) in [6, 6.07) is 2.70.